The summed E-state index contributed by atoms with van der Waals surface area (Å²) in [4.78, 5) is 23.4. The minimum absolute atomic E-state index is 0.334. The van der Waals surface area contributed by atoms with E-state index in [4.69, 9.17) is 9.47 Å². The highest BCUT2D eigenvalue weighted by atomic mass is 16.6. The fourth-order valence-electron chi connectivity index (χ4n) is 3.79. The number of nitrogens with one attached hydrogen (secondary N) is 2. The van der Waals surface area contributed by atoms with E-state index in [1.165, 1.54) is 0 Å². The first-order chi connectivity index (χ1) is 18.7. The van der Waals surface area contributed by atoms with Crippen LogP contribution in [0.1, 0.15) is 40.2 Å². The quantitative estimate of drug-likeness (QED) is 0.259. The molecule has 3 rings (SSSR count). The predicted octanol–water partition coefficient (Wildman–Crippen LogP) is 4.40. The van der Waals surface area contributed by atoms with Crippen molar-refractivity contribution in [3.05, 3.63) is 66.5 Å². The Balaban J connectivity index is 1.50. The van der Waals surface area contributed by atoms with Crippen molar-refractivity contribution >= 4 is 17.6 Å². The first-order valence-electron chi connectivity index (χ1n) is 13.4. The summed E-state index contributed by atoms with van der Waals surface area (Å²) >= 11 is 0. The molecule has 0 amide bonds. The summed E-state index contributed by atoms with van der Waals surface area (Å²) in [6.07, 6.45) is 3.55. The Morgan fingerprint density at radius 1 is 0.974 bits per heavy atom. The van der Waals surface area contributed by atoms with Crippen LogP contribution in [0.25, 0.3) is 11.1 Å². The average Bonchev–Trinajstić information content (AvgIpc) is 2.92. The third-order valence-electron chi connectivity index (χ3n) is 6.05. The van der Waals surface area contributed by atoms with Gasteiger partial charge in [0.05, 0.1) is 6.61 Å². The second-order valence-corrected chi connectivity index (χ2v) is 10.2. The normalized spacial score (nSPS) is 12.3. The van der Waals surface area contributed by atoms with Crippen molar-refractivity contribution in [1.29, 1.82) is 0 Å². The summed E-state index contributed by atoms with van der Waals surface area (Å²) in [7, 11) is 0. The fraction of sp³-hybridized carbons (Fsp3) is 0.433. The molecular formula is C30H41N5O4. The van der Waals surface area contributed by atoms with Gasteiger partial charge in [0.1, 0.15) is 24.0 Å². The molecule has 0 bridgehead atoms. The number of likely N-dealkylation sites (N-methyl/N-ethyl adjacent to an activating group) is 1. The summed E-state index contributed by atoms with van der Waals surface area (Å²) in [5, 5.41) is 15.8. The van der Waals surface area contributed by atoms with Crippen molar-refractivity contribution in [3.8, 4) is 16.9 Å². The standard InChI is InChI=1S/C30H41N5O4/c1-6-35(7-2)16-17-38-26-14-12-25(13-15-26)34-29-32-19-24(20-33-29)23-10-8-22(9-11-23)18-31-27(21-36)28(37)39-30(3,4)5/h8-15,19-20,27,31,36H,6-7,16-18,21H2,1-5H3,(H,32,33,34)/t27-/m0/s1. The van der Waals surface area contributed by atoms with E-state index in [2.05, 4.69) is 39.3 Å². The van der Waals surface area contributed by atoms with Gasteiger partial charge in [-0.2, -0.15) is 0 Å². The highest BCUT2D eigenvalue weighted by Crippen LogP contribution is 2.21. The Morgan fingerprint density at radius 2 is 1.62 bits per heavy atom. The number of hydrogen-bond acceptors (Lipinski definition) is 9. The van der Waals surface area contributed by atoms with Crippen LogP contribution in [0.4, 0.5) is 11.6 Å². The van der Waals surface area contributed by atoms with E-state index in [1.807, 2.05) is 48.5 Å². The number of aliphatic hydroxyl groups excluding tert-OH is 1. The Labute approximate surface area is 231 Å². The number of aromatic nitrogens is 2. The molecule has 1 heterocycles. The van der Waals surface area contributed by atoms with Crippen LogP contribution in [0.5, 0.6) is 5.75 Å². The smallest absolute Gasteiger partial charge is 0.326 e. The van der Waals surface area contributed by atoms with Crippen molar-refractivity contribution in [2.45, 2.75) is 52.8 Å². The van der Waals surface area contributed by atoms with Gasteiger partial charge in [-0.15, -0.1) is 0 Å². The van der Waals surface area contributed by atoms with Gasteiger partial charge in [0.25, 0.3) is 0 Å². The molecule has 0 aliphatic rings. The SMILES string of the molecule is CCN(CC)CCOc1ccc(Nc2ncc(-c3ccc(CN[C@@H](CO)C(=O)OC(C)(C)C)cc3)cn2)cc1. The second-order valence-electron chi connectivity index (χ2n) is 10.2. The van der Waals surface area contributed by atoms with Gasteiger partial charge < -0.3 is 24.8 Å². The van der Waals surface area contributed by atoms with Gasteiger partial charge in [-0.05, 0) is 69.3 Å². The lowest BCUT2D eigenvalue weighted by Gasteiger charge is -2.23. The van der Waals surface area contributed by atoms with Crippen LogP contribution in [0.15, 0.2) is 60.9 Å². The topological polar surface area (TPSA) is 109 Å². The zero-order valence-electron chi connectivity index (χ0n) is 23.6. The lowest BCUT2D eigenvalue weighted by atomic mass is 10.1. The molecule has 0 saturated heterocycles. The highest BCUT2D eigenvalue weighted by molar-refractivity contribution is 5.76. The van der Waals surface area contributed by atoms with Crippen LogP contribution in [0.2, 0.25) is 0 Å². The van der Waals surface area contributed by atoms with Crippen molar-refractivity contribution in [2.75, 3.05) is 38.2 Å². The third kappa shape index (κ3) is 9.94. The number of anilines is 2. The molecular weight excluding hydrogens is 494 g/mol. The van der Waals surface area contributed by atoms with Gasteiger partial charge in [0.15, 0.2) is 0 Å². The highest BCUT2D eigenvalue weighted by Gasteiger charge is 2.24. The molecule has 9 heteroatoms. The Bertz CT molecular complexity index is 1140. The van der Waals surface area contributed by atoms with E-state index >= 15 is 0 Å². The molecule has 0 aliphatic heterocycles. The van der Waals surface area contributed by atoms with Gasteiger partial charge in [-0.25, -0.2) is 9.97 Å². The number of nitrogens with zero attached hydrogens (tertiary/aromatic N) is 3. The minimum atomic E-state index is -0.779. The predicted molar refractivity (Wildman–Crippen MR) is 154 cm³/mol. The Morgan fingerprint density at radius 3 is 2.18 bits per heavy atom. The van der Waals surface area contributed by atoms with Gasteiger partial charge in [0.2, 0.25) is 5.95 Å². The maximum Gasteiger partial charge on any atom is 0.326 e. The second kappa shape index (κ2) is 14.6. The average molecular weight is 536 g/mol. The molecule has 210 valence electrons. The van der Waals surface area contributed by atoms with Gasteiger partial charge >= 0.3 is 5.97 Å². The maximum absolute atomic E-state index is 12.2. The molecule has 9 nitrogen and oxygen atoms in total. The molecule has 3 N–H and O–H groups in total. The summed E-state index contributed by atoms with van der Waals surface area (Å²) in [5.74, 6) is 0.869. The van der Waals surface area contributed by atoms with Gasteiger partial charge in [0, 0.05) is 36.7 Å². The number of carbonyl (C=O) groups excluding carboxylic acids is 1. The van der Waals surface area contributed by atoms with Crippen molar-refractivity contribution in [2.24, 2.45) is 0 Å². The largest absolute Gasteiger partial charge is 0.492 e. The number of esters is 1. The minimum Gasteiger partial charge on any atom is -0.492 e. The number of benzene rings is 2. The summed E-state index contributed by atoms with van der Waals surface area (Å²) in [6.45, 7) is 13.4. The van der Waals surface area contributed by atoms with Crippen molar-refractivity contribution < 1.29 is 19.4 Å². The van der Waals surface area contributed by atoms with E-state index in [9.17, 15) is 9.90 Å². The van der Waals surface area contributed by atoms with E-state index in [-0.39, 0.29) is 6.61 Å². The number of rotatable bonds is 14. The van der Waals surface area contributed by atoms with E-state index in [0.29, 0.717) is 19.1 Å². The zero-order valence-corrected chi connectivity index (χ0v) is 23.6. The van der Waals surface area contributed by atoms with Crippen molar-refractivity contribution in [1.82, 2.24) is 20.2 Å². The molecule has 0 saturated carbocycles. The summed E-state index contributed by atoms with van der Waals surface area (Å²) in [6, 6.07) is 14.9. The van der Waals surface area contributed by atoms with Crippen LogP contribution in [0, 0.1) is 0 Å². The first kappa shape index (κ1) is 30.0. The van der Waals surface area contributed by atoms with Crippen LogP contribution in [-0.2, 0) is 16.1 Å². The van der Waals surface area contributed by atoms with Crippen LogP contribution < -0.4 is 15.4 Å². The van der Waals surface area contributed by atoms with Crippen LogP contribution >= 0.6 is 0 Å². The molecule has 0 unspecified atom stereocenters. The number of hydrogen-bond donors (Lipinski definition) is 3. The Kier molecular flexibility index (Phi) is 11.2. The Hall–Kier alpha value is -3.53. The molecule has 0 spiro atoms. The van der Waals surface area contributed by atoms with Gasteiger partial charge in [-0.3, -0.25) is 10.1 Å². The third-order valence-corrected chi connectivity index (χ3v) is 6.05. The fourth-order valence-corrected chi connectivity index (χ4v) is 3.79. The molecule has 0 radical (unpaired) electrons. The molecule has 1 aromatic heterocycles. The molecule has 0 fully saturated rings. The lowest BCUT2D eigenvalue weighted by Crippen LogP contribution is -2.43. The zero-order chi connectivity index (χ0) is 28.3. The van der Waals surface area contributed by atoms with Crippen LogP contribution in [0.3, 0.4) is 0 Å². The summed E-state index contributed by atoms with van der Waals surface area (Å²) < 4.78 is 11.2. The first-order valence-corrected chi connectivity index (χ1v) is 13.4. The molecule has 2 aromatic carbocycles. The number of aliphatic hydroxyl groups is 1. The number of ether oxygens (including phenoxy) is 2. The summed E-state index contributed by atoms with van der Waals surface area (Å²) in [5.41, 5.74) is 3.11. The van der Waals surface area contributed by atoms with E-state index in [0.717, 1.165) is 47.8 Å². The maximum atomic E-state index is 12.2. The van der Waals surface area contributed by atoms with E-state index in [1.54, 1.807) is 33.2 Å². The van der Waals surface area contributed by atoms with Crippen molar-refractivity contribution in [3.63, 3.8) is 0 Å². The van der Waals surface area contributed by atoms with Gasteiger partial charge in [-0.1, -0.05) is 38.1 Å². The van der Waals surface area contributed by atoms with E-state index < -0.39 is 17.6 Å². The molecule has 1 atom stereocenters. The monoisotopic (exact) mass is 535 g/mol. The number of carbonyl (C=O) groups is 1. The molecule has 39 heavy (non-hydrogen) atoms. The lowest BCUT2D eigenvalue weighted by molar-refractivity contribution is -0.158. The molecule has 0 aliphatic carbocycles. The molecule has 3 aromatic rings. The van der Waals surface area contributed by atoms with Crippen LogP contribution in [-0.4, -0.2) is 70.4 Å².